The quantitative estimate of drug-likeness (QED) is 0.817. The van der Waals surface area contributed by atoms with Crippen molar-refractivity contribution in [2.45, 2.75) is 45.7 Å². The summed E-state index contributed by atoms with van der Waals surface area (Å²) in [5.74, 6) is 0.408. The lowest BCUT2D eigenvalue weighted by atomic mass is 10.0. The molecular formula is C13H22N2OS. The summed E-state index contributed by atoms with van der Waals surface area (Å²) in [6.07, 6.45) is 1.61. The Bertz CT molecular complexity index is 335. The smallest absolute Gasteiger partial charge is 0.237 e. The predicted octanol–water partition coefficient (Wildman–Crippen LogP) is 2.17. The highest BCUT2D eigenvalue weighted by Gasteiger charge is 2.17. The Hall–Kier alpha value is -0.870. The summed E-state index contributed by atoms with van der Waals surface area (Å²) in [4.78, 5) is 13.1. The SMILES string of the molecule is CC(C)C[C@H](N)C(=O)NC(C)Cc1cccs1. The molecular weight excluding hydrogens is 232 g/mol. The van der Waals surface area contributed by atoms with Crippen LogP contribution in [-0.4, -0.2) is 18.0 Å². The Morgan fingerprint density at radius 3 is 2.71 bits per heavy atom. The van der Waals surface area contributed by atoms with E-state index in [2.05, 4.69) is 25.2 Å². The lowest BCUT2D eigenvalue weighted by molar-refractivity contribution is -0.123. The zero-order chi connectivity index (χ0) is 12.8. The fourth-order valence-corrected chi connectivity index (χ4v) is 2.58. The van der Waals surface area contributed by atoms with Gasteiger partial charge in [0.05, 0.1) is 6.04 Å². The summed E-state index contributed by atoms with van der Waals surface area (Å²) in [5, 5.41) is 5.02. The average molecular weight is 254 g/mol. The van der Waals surface area contributed by atoms with Crippen molar-refractivity contribution in [3.05, 3.63) is 22.4 Å². The van der Waals surface area contributed by atoms with E-state index in [9.17, 15) is 4.79 Å². The van der Waals surface area contributed by atoms with Crippen LogP contribution in [0.25, 0.3) is 0 Å². The molecule has 0 aliphatic carbocycles. The van der Waals surface area contributed by atoms with Gasteiger partial charge in [0.2, 0.25) is 5.91 Å². The van der Waals surface area contributed by atoms with Crippen molar-refractivity contribution in [2.75, 3.05) is 0 Å². The number of hydrogen-bond acceptors (Lipinski definition) is 3. The van der Waals surface area contributed by atoms with E-state index in [4.69, 9.17) is 5.73 Å². The van der Waals surface area contributed by atoms with Gasteiger partial charge in [0.15, 0.2) is 0 Å². The van der Waals surface area contributed by atoms with E-state index in [-0.39, 0.29) is 18.0 Å². The fraction of sp³-hybridized carbons (Fsp3) is 0.615. The van der Waals surface area contributed by atoms with Crippen molar-refractivity contribution in [3.8, 4) is 0 Å². The van der Waals surface area contributed by atoms with Gasteiger partial charge in [-0.3, -0.25) is 4.79 Å². The van der Waals surface area contributed by atoms with Crippen molar-refractivity contribution < 1.29 is 4.79 Å². The van der Waals surface area contributed by atoms with Crippen LogP contribution in [0.5, 0.6) is 0 Å². The largest absolute Gasteiger partial charge is 0.352 e. The molecule has 1 unspecified atom stereocenters. The van der Waals surface area contributed by atoms with Crippen molar-refractivity contribution in [3.63, 3.8) is 0 Å². The Labute approximate surface area is 107 Å². The first-order chi connectivity index (χ1) is 7.99. The van der Waals surface area contributed by atoms with Crippen LogP contribution in [-0.2, 0) is 11.2 Å². The summed E-state index contributed by atoms with van der Waals surface area (Å²) >= 11 is 1.71. The number of carbonyl (C=O) groups excluding carboxylic acids is 1. The second kappa shape index (κ2) is 6.77. The van der Waals surface area contributed by atoms with E-state index in [0.717, 1.165) is 12.8 Å². The summed E-state index contributed by atoms with van der Waals surface area (Å²) in [7, 11) is 0. The topological polar surface area (TPSA) is 55.1 Å². The van der Waals surface area contributed by atoms with E-state index in [0.29, 0.717) is 5.92 Å². The minimum Gasteiger partial charge on any atom is -0.352 e. The molecule has 1 aromatic heterocycles. The van der Waals surface area contributed by atoms with E-state index in [1.165, 1.54) is 4.88 Å². The van der Waals surface area contributed by atoms with Crippen LogP contribution in [0.2, 0.25) is 0 Å². The molecule has 0 saturated heterocycles. The fourth-order valence-electron chi connectivity index (χ4n) is 1.75. The number of rotatable bonds is 6. The number of nitrogens with one attached hydrogen (secondary N) is 1. The van der Waals surface area contributed by atoms with Gasteiger partial charge >= 0.3 is 0 Å². The van der Waals surface area contributed by atoms with Crippen LogP contribution >= 0.6 is 11.3 Å². The van der Waals surface area contributed by atoms with Crippen LogP contribution in [0.15, 0.2) is 17.5 Å². The molecule has 1 aromatic rings. The predicted molar refractivity (Wildman–Crippen MR) is 73.1 cm³/mol. The van der Waals surface area contributed by atoms with Crippen molar-refractivity contribution >= 4 is 17.2 Å². The standard InChI is InChI=1S/C13H22N2OS/c1-9(2)7-12(14)13(16)15-10(3)8-11-5-4-6-17-11/h4-6,9-10,12H,7-8,14H2,1-3H3,(H,15,16)/t10?,12-/m0/s1. The maximum Gasteiger partial charge on any atom is 0.237 e. The molecule has 0 fully saturated rings. The molecule has 0 aromatic carbocycles. The van der Waals surface area contributed by atoms with Crippen molar-refractivity contribution in [2.24, 2.45) is 11.7 Å². The molecule has 0 aliphatic rings. The molecule has 3 N–H and O–H groups in total. The zero-order valence-corrected chi connectivity index (χ0v) is 11.6. The highest BCUT2D eigenvalue weighted by molar-refractivity contribution is 7.09. The molecule has 3 nitrogen and oxygen atoms in total. The van der Waals surface area contributed by atoms with Crippen LogP contribution in [0.4, 0.5) is 0 Å². The Balaban J connectivity index is 2.35. The van der Waals surface area contributed by atoms with Gasteiger partial charge in [-0.2, -0.15) is 0 Å². The normalized spacial score (nSPS) is 14.6. The van der Waals surface area contributed by atoms with Gasteiger partial charge in [0, 0.05) is 17.3 Å². The minimum absolute atomic E-state index is 0.0391. The first-order valence-electron chi connectivity index (χ1n) is 6.07. The van der Waals surface area contributed by atoms with Crippen molar-refractivity contribution in [1.29, 1.82) is 0 Å². The minimum atomic E-state index is -0.388. The van der Waals surface area contributed by atoms with Gasteiger partial charge < -0.3 is 11.1 Å². The lowest BCUT2D eigenvalue weighted by Crippen LogP contribution is -2.45. The van der Waals surface area contributed by atoms with Crippen LogP contribution in [0, 0.1) is 5.92 Å². The van der Waals surface area contributed by atoms with Gasteiger partial charge in [-0.05, 0) is 30.7 Å². The number of hydrogen-bond donors (Lipinski definition) is 2. The van der Waals surface area contributed by atoms with Crippen molar-refractivity contribution in [1.82, 2.24) is 5.32 Å². The first kappa shape index (κ1) is 14.2. The van der Waals surface area contributed by atoms with Gasteiger partial charge in [0.1, 0.15) is 0 Å². The molecule has 0 saturated carbocycles. The summed E-state index contributed by atoms with van der Waals surface area (Å²) < 4.78 is 0. The molecule has 2 atom stereocenters. The summed E-state index contributed by atoms with van der Waals surface area (Å²) in [6, 6.07) is 3.86. The lowest BCUT2D eigenvalue weighted by Gasteiger charge is -2.18. The maximum atomic E-state index is 11.8. The van der Waals surface area contributed by atoms with E-state index >= 15 is 0 Å². The molecule has 4 heteroatoms. The van der Waals surface area contributed by atoms with Crippen LogP contribution in [0.1, 0.15) is 32.1 Å². The molecule has 17 heavy (non-hydrogen) atoms. The molecule has 1 amide bonds. The number of amides is 1. The molecule has 0 radical (unpaired) electrons. The van der Waals surface area contributed by atoms with E-state index in [1.54, 1.807) is 11.3 Å². The molecule has 0 aliphatic heterocycles. The third-order valence-corrected chi connectivity index (χ3v) is 3.44. The number of nitrogens with two attached hydrogens (primary N) is 1. The second-order valence-corrected chi connectivity index (χ2v) is 5.96. The number of carbonyl (C=O) groups is 1. The monoisotopic (exact) mass is 254 g/mol. The molecule has 0 bridgehead atoms. The van der Waals surface area contributed by atoms with E-state index in [1.807, 2.05) is 18.4 Å². The van der Waals surface area contributed by atoms with Gasteiger partial charge in [-0.25, -0.2) is 0 Å². The zero-order valence-electron chi connectivity index (χ0n) is 10.8. The highest BCUT2D eigenvalue weighted by Crippen LogP contribution is 2.11. The second-order valence-electron chi connectivity index (χ2n) is 4.93. The highest BCUT2D eigenvalue weighted by atomic mass is 32.1. The van der Waals surface area contributed by atoms with Crippen LogP contribution < -0.4 is 11.1 Å². The molecule has 0 spiro atoms. The summed E-state index contributed by atoms with van der Waals surface area (Å²) in [5.41, 5.74) is 5.83. The van der Waals surface area contributed by atoms with Gasteiger partial charge in [-0.1, -0.05) is 19.9 Å². The Morgan fingerprint density at radius 2 is 2.18 bits per heavy atom. The molecule has 1 heterocycles. The van der Waals surface area contributed by atoms with Gasteiger partial charge in [-0.15, -0.1) is 11.3 Å². The van der Waals surface area contributed by atoms with Gasteiger partial charge in [0.25, 0.3) is 0 Å². The average Bonchev–Trinajstić information content (AvgIpc) is 2.68. The first-order valence-corrected chi connectivity index (χ1v) is 6.95. The third kappa shape index (κ3) is 5.33. The molecule has 1 rings (SSSR count). The Morgan fingerprint density at radius 1 is 1.47 bits per heavy atom. The Kier molecular flexibility index (Phi) is 5.65. The van der Waals surface area contributed by atoms with Crippen LogP contribution in [0.3, 0.4) is 0 Å². The number of thiophene rings is 1. The third-order valence-electron chi connectivity index (χ3n) is 2.54. The summed E-state index contributed by atoms with van der Waals surface area (Å²) in [6.45, 7) is 6.16. The maximum absolute atomic E-state index is 11.8. The van der Waals surface area contributed by atoms with E-state index < -0.39 is 0 Å². The molecule has 96 valence electrons.